The highest BCUT2D eigenvalue weighted by molar-refractivity contribution is 6.37. The zero-order valence-corrected chi connectivity index (χ0v) is 21.2. The lowest BCUT2D eigenvalue weighted by Gasteiger charge is -2.37. The number of para-hydroxylation sites is 1. The lowest BCUT2D eigenvalue weighted by Crippen LogP contribution is -2.50. The van der Waals surface area contributed by atoms with Crippen LogP contribution in [0.2, 0.25) is 10.0 Å². The number of rotatable bonds is 5. The number of carbonyl (C=O) groups excluding carboxylic acids is 3. The molecule has 36 heavy (non-hydrogen) atoms. The van der Waals surface area contributed by atoms with E-state index in [0.717, 1.165) is 17.7 Å². The van der Waals surface area contributed by atoms with Crippen molar-refractivity contribution in [1.29, 1.82) is 0 Å². The maximum atomic E-state index is 12.9. The van der Waals surface area contributed by atoms with Crippen molar-refractivity contribution in [1.82, 2.24) is 9.80 Å². The van der Waals surface area contributed by atoms with E-state index in [1.54, 1.807) is 0 Å². The van der Waals surface area contributed by atoms with Gasteiger partial charge in [0.2, 0.25) is 6.10 Å². The van der Waals surface area contributed by atoms with Crippen LogP contribution in [0.15, 0.2) is 36.4 Å². The number of anilines is 1. The smallest absolute Gasteiger partial charge is 0.410 e. The Bertz CT molecular complexity index is 1130. The highest BCUT2D eigenvalue weighted by Crippen LogP contribution is 2.33. The molecule has 0 aromatic heterocycles. The van der Waals surface area contributed by atoms with E-state index in [0.29, 0.717) is 38.0 Å². The van der Waals surface area contributed by atoms with Crippen LogP contribution in [-0.4, -0.2) is 71.9 Å². The summed E-state index contributed by atoms with van der Waals surface area (Å²) >= 11 is 11.9. The van der Waals surface area contributed by atoms with Gasteiger partial charge in [-0.15, -0.1) is 0 Å². The molecule has 1 atom stereocenters. The summed E-state index contributed by atoms with van der Waals surface area (Å²) in [5.41, 5.74) is 2.42. The molecule has 0 radical (unpaired) electrons. The molecule has 0 bridgehead atoms. The van der Waals surface area contributed by atoms with Crippen LogP contribution in [0.5, 0.6) is 5.75 Å². The molecule has 1 fully saturated rings. The van der Waals surface area contributed by atoms with E-state index in [2.05, 4.69) is 5.32 Å². The second-order valence-electron chi connectivity index (χ2n) is 8.76. The van der Waals surface area contributed by atoms with Gasteiger partial charge in [0.1, 0.15) is 0 Å². The predicted molar refractivity (Wildman–Crippen MR) is 135 cm³/mol. The van der Waals surface area contributed by atoms with Gasteiger partial charge in [-0.05, 0) is 48.6 Å². The van der Waals surface area contributed by atoms with Gasteiger partial charge in [0, 0.05) is 37.8 Å². The van der Waals surface area contributed by atoms with Crippen LogP contribution in [0.1, 0.15) is 24.0 Å². The maximum Gasteiger partial charge on any atom is 0.410 e. The van der Waals surface area contributed by atoms with Crippen molar-refractivity contribution in [2.24, 2.45) is 0 Å². The summed E-state index contributed by atoms with van der Waals surface area (Å²) in [5.74, 6) is -0.988. The van der Waals surface area contributed by atoms with E-state index in [9.17, 15) is 19.5 Å². The standard InChI is InChI=1S/C25H27Cl2N3O6/c1-35-23(32)21(14-15-12-18(26)22(31)19(27)13-15)36-25(34)29-9-7-17(8-10-29)30-11-6-16-4-2-3-5-20(16)28-24(30)33/h2-5,12-13,17,21,31H,6-11,14H2,1H3,(H,28,33)/t21-/m1/s1. The molecule has 11 heteroatoms. The first-order valence-corrected chi connectivity index (χ1v) is 12.4. The number of phenolic OH excluding ortho intramolecular Hbond substituents is 1. The van der Waals surface area contributed by atoms with Gasteiger partial charge in [-0.3, -0.25) is 0 Å². The summed E-state index contributed by atoms with van der Waals surface area (Å²) in [6.07, 6.45) is 0.0433. The van der Waals surface area contributed by atoms with Crippen LogP contribution in [0.3, 0.4) is 0 Å². The molecule has 1 saturated heterocycles. The fourth-order valence-electron chi connectivity index (χ4n) is 4.55. The molecule has 0 saturated carbocycles. The SMILES string of the molecule is COC(=O)[C@@H](Cc1cc(Cl)c(O)c(Cl)c1)OC(=O)N1CCC(N2CCc3ccccc3NC2=O)CC1. The number of hydrogen-bond donors (Lipinski definition) is 2. The van der Waals surface area contributed by atoms with Crippen molar-refractivity contribution in [2.75, 3.05) is 32.1 Å². The van der Waals surface area contributed by atoms with E-state index < -0.39 is 18.2 Å². The van der Waals surface area contributed by atoms with Gasteiger partial charge in [-0.25, -0.2) is 14.4 Å². The average molecular weight is 536 g/mol. The van der Waals surface area contributed by atoms with E-state index in [4.69, 9.17) is 32.7 Å². The van der Waals surface area contributed by atoms with Crippen LogP contribution in [0.25, 0.3) is 0 Å². The zero-order valence-electron chi connectivity index (χ0n) is 19.7. The van der Waals surface area contributed by atoms with Crippen molar-refractivity contribution in [3.8, 4) is 5.75 Å². The number of likely N-dealkylation sites (tertiary alicyclic amines) is 1. The number of fused-ring (bicyclic) bond motifs is 1. The van der Waals surface area contributed by atoms with Gasteiger partial charge in [-0.2, -0.15) is 0 Å². The Kier molecular flexibility index (Phi) is 8.11. The van der Waals surface area contributed by atoms with Gasteiger partial charge < -0.3 is 29.7 Å². The molecule has 0 unspecified atom stereocenters. The number of nitrogens with zero attached hydrogens (tertiary/aromatic N) is 2. The second-order valence-corrected chi connectivity index (χ2v) is 9.57. The van der Waals surface area contributed by atoms with E-state index in [1.165, 1.54) is 24.1 Å². The lowest BCUT2D eigenvalue weighted by molar-refractivity contribution is -0.151. The number of esters is 1. The fraction of sp³-hybridized carbons (Fsp3) is 0.400. The molecule has 4 rings (SSSR count). The number of methoxy groups -OCH3 is 1. The van der Waals surface area contributed by atoms with Crippen LogP contribution in [-0.2, 0) is 27.1 Å². The minimum absolute atomic E-state index is 0.0129. The van der Waals surface area contributed by atoms with Gasteiger partial charge in [0.15, 0.2) is 5.75 Å². The molecule has 3 amide bonds. The molecule has 0 aliphatic carbocycles. The number of halogens is 2. The normalized spacial score (nSPS) is 17.0. The Labute approximate surface area is 218 Å². The van der Waals surface area contributed by atoms with Gasteiger partial charge >= 0.3 is 18.1 Å². The topological polar surface area (TPSA) is 108 Å². The monoisotopic (exact) mass is 535 g/mol. The largest absolute Gasteiger partial charge is 0.505 e. The van der Waals surface area contributed by atoms with Gasteiger partial charge in [0.25, 0.3) is 0 Å². The molecule has 2 aliphatic heterocycles. The number of piperidine rings is 1. The maximum absolute atomic E-state index is 12.9. The fourth-order valence-corrected chi connectivity index (χ4v) is 5.08. The first kappa shape index (κ1) is 25.9. The molecule has 192 valence electrons. The number of carbonyl (C=O) groups is 3. The van der Waals surface area contributed by atoms with Crippen molar-refractivity contribution in [3.05, 3.63) is 57.6 Å². The summed E-state index contributed by atoms with van der Waals surface area (Å²) in [6.45, 7) is 1.36. The van der Waals surface area contributed by atoms with Gasteiger partial charge in [0.05, 0.1) is 17.2 Å². The first-order valence-electron chi connectivity index (χ1n) is 11.6. The van der Waals surface area contributed by atoms with E-state index in [-0.39, 0.29) is 34.3 Å². The molecule has 2 aromatic rings. The minimum atomic E-state index is -1.22. The van der Waals surface area contributed by atoms with Crippen molar-refractivity contribution >= 4 is 47.0 Å². The van der Waals surface area contributed by atoms with Crippen molar-refractivity contribution < 1.29 is 29.0 Å². The van der Waals surface area contributed by atoms with Crippen molar-refractivity contribution in [3.63, 3.8) is 0 Å². The summed E-state index contributed by atoms with van der Waals surface area (Å²) < 4.78 is 10.3. The van der Waals surface area contributed by atoms with E-state index in [1.807, 2.05) is 29.2 Å². The number of benzene rings is 2. The molecule has 2 aromatic carbocycles. The van der Waals surface area contributed by atoms with E-state index >= 15 is 0 Å². The van der Waals surface area contributed by atoms with Crippen LogP contribution in [0, 0.1) is 0 Å². The number of urea groups is 1. The molecular formula is C25H27Cl2N3O6. The van der Waals surface area contributed by atoms with Crippen LogP contribution < -0.4 is 5.32 Å². The third-order valence-corrected chi connectivity index (χ3v) is 7.09. The summed E-state index contributed by atoms with van der Waals surface area (Å²) in [6, 6.07) is 10.5. The quantitative estimate of drug-likeness (QED) is 0.546. The molecule has 9 nitrogen and oxygen atoms in total. The second kappa shape index (κ2) is 11.3. The minimum Gasteiger partial charge on any atom is -0.505 e. The number of amides is 3. The average Bonchev–Trinajstić information content (AvgIpc) is 3.04. The highest BCUT2D eigenvalue weighted by Gasteiger charge is 2.33. The van der Waals surface area contributed by atoms with Crippen LogP contribution in [0.4, 0.5) is 15.3 Å². The van der Waals surface area contributed by atoms with Gasteiger partial charge in [-0.1, -0.05) is 41.4 Å². The Hall–Kier alpha value is -3.17. The Balaban J connectivity index is 1.35. The number of nitrogens with one attached hydrogen (secondary N) is 1. The molecule has 2 N–H and O–H groups in total. The first-order chi connectivity index (χ1) is 17.3. The lowest BCUT2D eigenvalue weighted by atomic mass is 10.0. The Morgan fingerprint density at radius 2 is 1.81 bits per heavy atom. The number of ether oxygens (including phenoxy) is 2. The molecule has 0 spiro atoms. The zero-order chi connectivity index (χ0) is 25.8. The number of hydrogen-bond acceptors (Lipinski definition) is 6. The summed E-state index contributed by atoms with van der Waals surface area (Å²) in [4.78, 5) is 41.3. The molecular weight excluding hydrogens is 509 g/mol. The predicted octanol–water partition coefficient (Wildman–Crippen LogP) is 4.47. The molecule has 2 heterocycles. The Morgan fingerprint density at radius 3 is 2.47 bits per heavy atom. The summed E-state index contributed by atoms with van der Waals surface area (Å²) in [7, 11) is 1.20. The summed E-state index contributed by atoms with van der Waals surface area (Å²) in [5, 5.41) is 12.8. The third-order valence-electron chi connectivity index (χ3n) is 6.51. The highest BCUT2D eigenvalue weighted by atomic mass is 35.5. The Morgan fingerprint density at radius 1 is 1.14 bits per heavy atom. The number of aromatic hydroxyl groups is 1. The number of phenols is 1. The van der Waals surface area contributed by atoms with Crippen LogP contribution >= 0.6 is 23.2 Å². The van der Waals surface area contributed by atoms with Crippen molar-refractivity contribution in [2.45, 2.75) is 37.8 Å². The molecule has 2 aliphatic rings. The third kappa shape index (κ3) is 5.79.